The molecule has 1 aliphatic rings. The topological polar surface area (TPSA) is 84.6 Å². The van der Waals surface area contributed by atoms with Gasteiger partial charge in [-0.1, -0.05) is 23.8 Å². The van der Waals surface area contributed by atoms with E-state index in [0.29, 0.717) is 36.9 Å². The van der Waals surface area contributed by atoms with E-state index in [0.717, 1.165) is 29.7 Å². The summed E-state index contributed by atoms with van der Waals surface area (Å²) in [5.41, 5.74) is 4.05. The largest absolute Gasteiger partial charge is 0.474 e. The van der Waals surface area contributed by atoms with Crippen molar-refractivity contribution in [3.8, 4) is 17.3 Å². The summed E-state index contributed by atoms with van der Waals surface area (Å²) in [7, 11) is 1.74. The van der Waals surface area contributed by atoms with Gasteiger partial charge >= 0.3 is 0 Å². The van der Waals surface area contributed by atoms with Crippen molar-refractivity contribution >= 4 is 5.96 Å². The first-order valence-corrected chi connectivity index (χ1v) is 10.8. The van der Waals surface area contributed by atoms with Crippen LogP contribution in [0, 0.1) is 6.92 Å². The highest BCUT2D eigenvalue weighted by atomic mass is 16.5. The number of hydrogen-bond acceptors (Lipinski definition) is 5. The Balaban J connectivity index is 1.25. The lowest BCUT2D eigenvalue weighted by Gasteiger charge is -2.13. The number of aliphatic imine (C=N–C) groups is 1. The molecule has 0 saturated heterocycles. The van der Waals surface area contributed by atoms with E-state index in [1.54, 1.807) is 13.3 Å². The van der Waals surface area contributed by atoms with Crippen molar-refractivity contribution in [3.63, 3.8) is 0 Å². The Kier molecular flexibility index (Phi) is 6.82. The highest BCUT2D eigenvalue weighted by Gasteiger charge is 2.16. The highest BCUT2D eigenvalue weighted by Crippen LogP contribution is 2.23. The van der Waals surface area contributed by atoms with Crippen molar-refractivity contribution in [2.45, 2.75) is 51.8 Å². The third-order valence-corrected chi connectivity index (χ3v) is 5.36. The molecule has 0 bridgehead atoms. The summed E-state index contributed by atoms with van der Waals surface area (Å²) in [6, 6.07) is 12.1. The van der Waals surface area contributed by atoms with Gasteiger partial charge in [-0.3, -0.25) is 4.99 Å². The minimum absolute atomic E-state index is 0.322. The van der Waals surface area contributed by atoms with Gasteiger partial charge in [-0.2, -0.15) is 0 Å². The molecule has 4 rings (SSSR count). The van der Waals surface area contributed by atoms with Crippen LogP contribution in [-0.4, -0.2) is 29.1 Å². The van der Waals surface area contributed by atoms with E-state index in [1.807, 2.05) is 42.6 Å². The van der Waals surface area contributed by atoms with Gasteiger partial charge in [-0.15, -0.1) is 0 Å². The van der Waals surface area contributed by atoms with Gasteiger partial charge < -0.3 is 19.8 Å². The lowest BCUT2D eigenvalue weighted by molar-refractivity contribution is 0.201. The summed E-state index contributed by atoms with van der Waals surface area (Å²) in [6.45, 7) is 3.19. The maximum Gasteiger partial charge on any atom is 0.226 e. The number of ether oxygens (including phenoxy) is 1. The third kappa shape index (κ3) is 5.84. The summed E-state index contributed by atoms with van der Waals surface area (Å²) in [6.07, 6.45) is 8.59. The zero-order valence-electron chi connectivity index (χ0n) is 18.1. The summed E-state index contributed by atoms with van der Waals surface area (Å²) >= 11 is 0. The van der Waals surface area contributed by atoms with Gasteiger partial charge in [0, 0.05) is 31.4 Å². The van der Waals surface area contributed by atoms with Crippen LogP contribution in [-0.2, 0) is 13.1 Å². The predicted molar refractivity (Wildman–Crippen MR) is 121 cm³/mol. The first-order chi connectivity index (χ1) is 15.2. The van der Waals surface area contributed by atoms with E-state index >= 15 is 0 Å². The smallest absolute Gasteiger partial charge is 0.226 e. The standard InChI is InChI=1S/C24H29N5O2/c1-17-7-10-19(11-8-17)23-29-20(16-30-23)15-28-24(25-2)27-14-18-9-12-22(26-13-18)31-21-5-3-4-6-21/h7-13,16,21H,3-6,14-15H2,1-2H3,(H2,25,27,28). The van der Waals surface area contributed by atoms with Gasteiger partial charge in [-0.25, -0.2) is 9.97 Å². The quantitative estimate of drug-likeness (QED) is 0.440. The molecule has 0 aliphatic heterocycles. The molecular formula is C24H29N5O2. The van der Waals surface area contributed by atoms with Crippen molar-refractivity contribution in [1.29, 1.82) is 0 Å². The molecule has 0 radical (unpaired) electrons. The Bertz CT molecular complexity index is 990. The molecule has 162 valence electrons. The van der Waals surface area contributed by atoms with Crippen molar-refractivity contribution in [2.75, 3.05) is 7.05 Å². The van der Waals surface area contributed by atoms with Crippen LogP contribution in [0.25, 0.3) is 11.5 Å². The summed E-state index contributed by atoms with van der Waals surface area (Å²) in [5, 5.41) is 6.55. The second-order valence-electron chi connectivity index (χ2n) is 7.82. The fourth-order valence-corrected chi connectivity index (χ4v) is 3.56. The SMILES string of the molecule is CN=C(NCc1ccc(OC2CCCC2)nc1)NCc1coc(-c2ccc(C)cc2)n1. The van der Waals surface area contributed by atoms with Gasteiger partial charge in [0.2, 0.25) is 11.8 Å². The molecule has 0 unspecified atom stereocenters. The molecule has 1 saturated carbocycles. The fourth-order valence-electron chi connectivity index (χ4n) is 3.56. The van der Waals surface area contributed by atoms with Gasteiger partial charge in [-0.05, 0) is 50.3 Å². The van der Waals surface area contributed by atoms with Crippen molar-refractivity contribution in [2.24, 2.45) is 4.99 Å². The zero-order chi connectivity index (χ0) is 21.5. The Morgan fingerprint density at radius 2 is 1.87 bits per heavy atom. The number of aryl methyl sites for hydroxylation is 1. The molecule has 7 heteroatoms. The molecule has 1 fully saturated rings. The maximum absolute atomic E-state index is 5.92. The van der Waals surface area contributed by atoms with Crippen LogP contribution in [0.15, 0.2) is 58.3 Å². The minimum Gasteiger partial charge on any atom is -0.474 e. The lowest BCUT2D eigenvalue weighted by Crippen LogP contribution is -2.36. The Labute approximate surface area is 183 Å². The summed E-state index contributed by atoms with van der Waals surface area (Å²) in [4.78, 5) is 13.3. The molecule has 31 heavy (non-hydrogen) atoms. The number of nitrogens with zero attached hydrogens (tertiary/aromatic N) is 3. The van der Waals surface area contributed by atoms with Gasteiger partial charge in [0.05, 0.1) is 12.2 Å². The second kappa shape index (κ2) is 10.1. The monoisotopic (exact) mass is 419 g/mol. The van der Waals surface area contributed by atoms with Crippen molar-refractivity contribution < 1.29 is 9.15 Å². The van der Waals surface area contributed by atoms with Crippen LogP contribution in [0.2, 0.25) is 0 Å². The molecule has 0 spiro atoms. The highest BCUT2D eigenvalue weighted by molar-refractivity contribution is 5.79. The number of guanidine groups is 1. The van der Waals surface area contributed by atoms with Crippen LogP contribution in [0.5, 0.6) is 5.88 Å². The molecule has 0 amide bonds. The Hall–Kier alpha value is -3.35. The number of aromatic nitrogens is 2. The van der Waals surface area contributed by atoms with Gasteiger partial charge in [0.15, 0.2) is 5.96 Å². The lowest BCUT2D eigenvalue weighted by atomic mass is 10.1. The minimum atomic E-state index is 0.322. The fraction of sp³-hybridized carbons (Fsp3) is 0.375. The predicted octanol–water partition coefficient (Wildman–Crippen LogP) is 4.23. The average molecular weight is 420 g/mol. The molecule has 2 aromatic heterocycles. The number of rotatable bonds is 7. The first-order valence-electron chi connectivity index (χ1n) is 10.8. The molecule has 1 aliphatic carbocycles. The normalized spacial score (nSPS) is 14.6. The number of pyridine rings is 1. The molecule has 2 N–H and O–H groups in total. The third-order valence-electron chi connectivity index (χ3n) is 5.36. The Morgan fingerprint density at radius 1 is 1.10 bits per heavy atom. The van der Waals surface area contributed by atoms with Crippen LogP contribution in [0.4, 0.5) is 0 Å². The van der Waals surface area contributed by atoms with Crippen LogP contribution >= 0.6 is 0 Å². The van der Waals surface area contributed by atoms with Gasteiger partial charge in [0.1, 0.15) is 12.4 Å². The summed E-state index contributed by atoms with van der Waals surface area (Å²) < 4.78 is 11.5. The van der Waals surface area contributed by atoms with Crippen LogP contribution in [0.1, 0.15) is 42.5 Å². The molecule has 7 nitrogen and oxygen atoms in total. The van der Waals surface area contributed by atoms with Gasteiger partial charge in [0.25, 0.3) is 0 Å². The van der Waals surface area contributed by atoms with Crippen LogP contribution in [0.3, 0.4) is 0 Å². The number of oxazole rings is 1. The van der Waals surface area contributed by atoms with E-state index in [9.17, 15) is 0 Å². The van der Waals surface area contributed by atoms with E-state index < -0.39 is 0 Å². The average Bonchev–Trinajstić information content (AvgIpc) is 3.48. The van der Waals surface area contributed by atoms with E-state index in [1.165, 1.54) is 18.4 Å². The zero-order valence-corrected chi connectivity index (χ0v) is 18.1. The molecule has 0 atom stereocenters. The molecule has 2 heterocycles. The number of nitrogens with one attached hydrogen (secondary N) is 2. The molecular weight excluding hydrogens is 390 g/mol. The van der Waals surface area contributed by atoms with Crippen LogP contribution < -0.4 is 15.4 Å². The maximum atomic E-state index is 5.92. The molecule has 3 aromatic rings. The summed E-state index contributed by atoms with van der Waals surface area (Å²) in [5.74, 6) is 2.01. The van der Waals surface area contributed by atoms with E-state index in [2.05, 4.69) is 32.5 Å². The van der Waals surface area contributed by atoms with Crippen molar-refractivity contribution in [3.05, 3.63) is 65.7 Å². The number of hydrogen-bond donors (Lipinski definition) is 2. The first kappa shape index (κ1) is 20.9. The van der Waals surface area contributed by atoms with E-state index in [-0.39, 0.29) is 0 Å². The Morgan fingerprint density at radius 3 is 2.58 bits per heavy atom. The molecule has 1 aromatic carbocycles. The second-order valence-corrected chi connectivity index (χ2v) is 7.82. The van der Waals surface area contributed by atoms with E-state index in [4.69, 9.17) is 9.15 Å². The van der Waals surface area contributed by atoms with Crippen molar-refractivity contribution in [1.82, 2.24) is 20.6 Å². The number of benzene rings is 1.